The van der Waals surface area contributed by atoms with Crippen molar-refractivity contribution in [2.24, 2.45) is 0 Å². The number of para-hydroxylation sites is 1. The number of nitrogens with zero attached hydrogens (tertiary/aromatic N) is 5. The van der Waals surface area contributed by atoms with E-state index in [4.69, 9.17) is 0 Å². The molecule has 1 atom stereocenters. The first-order valence-electron chi connectivity index (χ1n) is 10.7. The lowest BCUT2D eigenvalue weighted by atomic mass is 10.1. The van der Waals surface area contributed by atoms with Gasteiger partial charge in [0.25, 0.3) is 11.1 Å². The summed E-state index contributed by atoms with van der Waals surface area (Å²) in [5.74, 6) is 0.428. The van der Waals surface area contributed by atoms with Crippen LogP contribution in [0, 0.1) is 12.7 Å². The largest absolute Gasteiger partial charge is 0.359 e. The van der Waals surface area contributed by atoms with Gasteiger partial charge in [-0.15, -0.1) is 0 Å². The zero-order chi connectivity index (χ0) is 23.8. The highest BCUT2D eigenvalue weighted by Crippen LogP contribution is 2.26. The molecule has 3 aromatic heterocycles. The number of aryl methyl sites for hydroxylation is 1. The smallest absolute Gasteiger partial charge is 0.269 e. The average Bonchev–Trinajstić information content (AvgIpc) is 2.82. The maximum absolute atomic E-state index is 14.6. The maximum Gasteiger partial charge on any atom is 0.269 e. The van der Waals surface area contributed by atoms with Crippen molar-refractivity contribution in [1.29, 1.82) is 0 Å². The summed E-state index contributed by atoms with van der Waals surface area (Å²) in [6.45, 7) is 3.61. The number of anilines is 1. The van der Waals surface area contributed by atoms with Crippen LogP contribution in [0.15, 0.2) is 64.4 Å². The second kappa shape index (κ2) is 8.47. The van der Waals surface area contributed by atoms with E-state index in [1.807, 2.05) is 13.0 Å². The van der Waals surface area contributed by atoms with Crippen LogP contribution in [0.5, 0.6) is 0 Å². The molecular formula is C24H20FN7O2. The van der Waals surface area contributed by atoms with Crippen LogP contribution in [0.2, 0.25) is 0 Å². The van der Waals surface area contributed by atoms with Gasteiger partial charge in [0.15, 0.2) is 5.65 Å². The first kappa shape index (κ1) is 21.4. The molecule has 9 nitrogen and oxygen atoms in total. The summed E-state index contributed by atoms with van der Waals surface area (Å²) in [5, 5.41) is 3.37. The topological polar surface area (TPSA) is 118 Å². The molecule has 0 saturated heterocycles. The standard InChI is InChI=1S/C24H20FN7O2/c1-3-16(30-21-19-20(28-13(2)29-21)26-12-27-23(19)33)22-31-17-11-7-10-15(25)18(17)24(34)32(22)14-8-5-4-6-9-14/h4-12,16H,3H2,1-2H3,(H2,26,27,28,29,30,33)/t16-/m0/s1. The van der Waals surface area contributed by atoms with E-state index in [9.17, 15) is 14.0 Å². The summed E-state index contributed by atoms with van der Waals surface area (Å²) in [6, 6.07) is 12.7. The minimum Gasteiger partial charge on any atom is -0.359 e. The molecule has 0 aliphatic heterocycles. The highest BCUT2D eigenvalue weighted by Gasteiger charge is 2.23. The lowest BCUT2D eigenvalue weighted by Crippen LogP contribution is -2.29. The molecular weight excluding hydrogens is 437 g/mol. The molecule has 0 fully saturated rings. The van der Waals surface area contributed by atoms with Gasteiger partial charge in [0.1, 0.15) is 34.1 Å². The molecule has 5 aromatic rings. The number of hydrogen-bond acceptors (Lipinski definition) is 7. The molecule has 34 heavy (non-hydrogen) atoms. The van der Waals surface area contributed by atoms with Crippen molar-refractivity contribution in [3.8, 4) is 5.69 Å². The summed E-state index contributed by atoms with van der Waals surface area (Å²) in [7, 11) is 0. The fraction of sp³-hybridized carbons (Fsp3) is 0.167. The molecule has 0 unspecified atom stereocenters. The number of benzene rings is 2. The Bertz CT molecular complexity index is 1650. The van der Waals surface area contributed by atoms with Gasteiger partial charge in [-0.25, -0.2) is 24.3 Å². The number of fused-ring (bicyclic) bond motifs is 2. The Morgan fingerprint density at radius 1 is 1.03 bits per heavy atom. The lowest BCUT2D eigenvalue weighted by molar-refractivity contribution is 0.630. The third kappa shape index (κ3) is 3.58. The van der Waals surface area contributed by atoms with E-state index in [1.54, 1.807) is 37.3 Å². The summed E-state index contributed by atoms with van der Waals surface area (Å²) >= 11 is 0. The van der Waals surface area contributed by atoms with Crippen LogP contribution in [0.4, 0.5) is 10.2 Å². The van der Waals surface area contributed by atoms with Crippen LogP contribution in [-0.4, -0.2) is 29.5 Å². The predicted molar refractivity (Wildman–Crippen MR) is 127 cm³/mol. The van der Waals surface area contributed by atoms with Crippen LogP contribution in [0.25, 0.3) is 27.6 Å². The third-order valence-electron chi connectivity index (χ3n) is 5.53. The first-order valence-corrected chi connectivity index (χ1v) is 10.7. The van der Waals surface area contributed by atoms with Gasteiger partial charge in [0, 0.05) is 0 Å². The molecule has 5 rings (SSSR count). The number of nitrogens with one attached hydrogen (secondary N) is 2. The number of aromatic amines is 1. The fourth-order valence-electron chi connectivity index (χ4n) is 3.97. The van der Waals surface area contributed by atoms with Crippen LogP contribution < -0.4 is 16.4 Å². The van der Waals surface area contributed by atoms with E-state index in [2.05, 4.69) is 30.2 Å². The Balaban J connectivity index is 1.76. The van der Waals surface area contributed by atoms with E-state index in [0.29, 0.717) is 23.8 Å². The second-order valence-corrected chi connectivity index (χ2v) is 7.73. The Labute approximate surface area is 192 Å². The van der Waals surface area contributed by atoms with Crippen LogP contribution in [0.3, 0.4) is 0 Å². The molecule has 0 radical (unpaired) electrons. The summed E-state index contributed by atoms with van der Waals surface area (Å²) in [5.41, 5.74) is 0.131. The van der Waals surface area contributed by atoms with Gasteiger partial charge in [-0.2, -0.15) is 0 Å². The monoisotopic (exact) mass is 457 g/mol. The molecule has 0 bridgehead atoms. The number of rotatable bonds is 5. The minimum absolute atomic E-state index is 0.0890. The van der Waals surface area contributed by atoms with Crippen molar-refractivity contribution >= 4 is 27.8 Å². The van der Waals surface area contributed by atoms with Crippen LogP contribution in [-0.2, 0) is 0 Å². The van der Waals surface area contributed by atoms with Crippen molar-refractivity contribution < 1.29 is 4.39 Å². The maximum atomic E-state index is 14.6. The summed E-state index contributed by atoms with van der Waals surface area (Å²) < 4.78 is 16.0. The molecule has 0 aliphatic rings. The number of hydrogen-bond donors (Lipinski definition) is 2. The summed E-state index contributed by atoms with van der Waals surface area (Å²) in [4.78, 5) is 46.1. The van der Waals surface area contributed by atoms with Crippen molar-refractivity contribution in [2.45, 2.75) is 26.3 Å². The van der Waals surface area contributed by atoms with Gasteiger partial charge in [-0.1, -0.05) is 31.2 Å². The van der Waals surface area contributed by atoms with E-state index >= 15 is 0 Å². The molecule has 2 aromatic carbocycles. The van der Waals surface area contributed by atoms with Gasteiger partial charge in [0.2, 0.25) is 0 Å². The Morgan fingerprint density at radius 2 is 1.82 bits per heavy atom. The van der Waals surface area contributed by atoms with Crippen molar-refractivity contribution in [3.63, 3.8) is 0 Å². The van der Waals surface area contributed by atoms with Crippen LogP contribution >= 0.6 is 0 Å². The number of H-pyrrole nitrogens is 1. The Morgan fingerprint density at radius 3 is 2.59 bits per heavy atom. The highest BCUT2D eigenvalue weighted by molar-refractivity contribution is 5.85. The zero-order valence-corrected chi connectivity index (χ0v) is 18.4. The van der Waals surface area contributed by atoms with Crippen molar-refractivity contribution in [2.75, 3.05) is 5.32 Å². The molecule has 170 valence electrons. The van der Waals surface area contributed by atoms with E-state index in [0.717, 1.165) is 0 Å². The lowest BCUT2D eigenvalue weighted by Gasteiger charge is -2.22. The molecule has 0 saturated carbocycles. The number of aromatic nitrogens is 6. The van der Waals surface area contributed by atoms with Crippen molar-refractivity contribution in [1.82, 2.24) is 29.5 Å². The van der Waals surface area contributed by atoms with Gasteiger partial charge < -0.3 is 10.3 Å². The Hall–Kier alpha value is -4.47. The van der Waals surface area contributed by atoms with Gasteiger partial charge in [0.05, 0.1) is 23.6 Å². The molecule has 0 aliphatic carbocycles. The molecule has 0 spiro atoms. The SMILES string of the molecule is CC[C@H](Nc1nc(C)nc2nc[nH]c(=O)c12)c1nc2cccc(F)c2c(=O)n1-c1ccccc1. The molecule has 3 heterocycles. The van der Waals surface area contributed by atoms with Gasteiger partial charge in [-0.05, 0) is 37.6 Å². The average molecular weight is 457 g/mol. The van der Waals surface area contributed by atoms with E-state index < -0.39 is 23.0 Å². The van der Waals surface area contributed by atoms with E-state index in [-0.39, 0.29) is 27.8 Å². The quantitative estimate of drug-likeness (QED) is 0.415. The summed E-state index contributed by atoms with van der Waals surface area (Å²) in [6.07, 6.45) is 1.77. The first-order chi connectivity index (χ1) is 16.5. The highest BCUT2D eigenvalue weighted by atomic mass is 19.1. The molecule has 0 amide bonds. The van der Waals surface area contributed by atoms with Crippen LogP contribution in [0.1, 0.15) is 31.0 Å². The predicted octanol–water partition coefficient (Wildman–Crippen LogP) is 3.42. The Kier molecular flexibility index (Phi) is 5.33. The van der Waals surface area contributed by atoms with Gasteiger partial charge in [-0.3, -0.25) is 14.2 Å². The molecule has 2 N–H and O–H groups in total. The van der Waals surface area contributed by atoms with E-state index in [1.165, 1.54) is 23.0 Å². The normalized spacial score (nSPS) is 12.2. The van der Waals surface area contributed by atoms with Gasteiger partial charge >= 0.3 is 0 Å². The minimum atomic E-state index is -0.637. The second-order valence-electron chi connectivity index (χ2n) is 7.73. The zero-order valence-electron chi connectivity index (χ0n) is 18.4. The third-order valence-corrected chi connectivity index (χ3v) is 5.53. The molecule has 10 heteroatoms. The number of halogens is 1. The fourth-order valence-corrected chi connectivity index (χ4v) is 3.97. The van der Waals surface area contributed by atoms with Crippen molar-refractivity contribution in [3.05, 3.63) is 93.0 Å².